The molecule has 168 valence electrons. The maximum atomic E-state index is 12.3. The zero-order chi connectivity index (χ0) is 23.6. The topological polar surface area (TPSA) is 109 Å². The van der Waals surface area contributed by atoms with E-state index in [1.54, 1.807) is 41.1 Å². The van der Waals surface area contributed by atoms with Crippen molar-refractivity contribution in [2.45, 2.75) is 31.2 Å². The molecular weight excluding hydrogens is 483 g/mol. The molecule has 3 N–H and O–H groups in total. The predicted molar refractivity (Wildman–Crippen MR) is 130 cm³/mol. The summed E-state index contributed by atoms with van der Waals surface area (Å²) >= 11 is 18.6. The third-order valence-corrected chi connectivity index (χ3v) is 6.41. The van der Waals surface area contributed by atoms with Crippen molar-refractivity contribution in [2.75, 3.05) is 0 Å². The molecule has 1 heterocycles. The van der Waals surface area contributed by atoms with Gasteiger partial charge in [0.2, 0.25) is 5.91 Å². The predicted octanol–water partition coefficient (Wildman–Crippen LogP) is 5.11. The van der Waals surface area contributed by atoms with Crippen LogP contribution in [0, 0.1) is 11.5 Å². The van der Waals surface area contributed by atoms with Crippen LogP contribution >= 0.6 is 34.8 Å². The first kappa shape index (κ1) is 23.1. The molecule has 0 atom stereocenters. The molecule has 0 radical (unpaired) electrons. The maximum Gasteiger partial charge on any atom is 0.245 e. The molecule has 10 heteroatoms. The number of aliphatic imine (C=N–C) groups is 1. The summed E-state index contributed by atoms with van der Waals surface area (Å²) in [5, 5.41) is 18.1. The number of amidine groups is 1. The second kappa shape index (κ2) is 9.44. The van der Waals surface area contributed by atoms with E-state index in [-0.39, 0.29) is 5.84 Å². The van der Waals surface area contributed by atoms with E-state index in [1.165, 1.54) is 0 Å². The number of amides is 1. The van der Waals surface area contributed by atoms with Gasteiger partial charge < -0.3 is 5.73 Å². The van der Waals surface area contributed by atoms with Gasteiger partial charge in [0.15, 0.2) is 12.0 Å². The van der Waals surface area contributed by atoms with Gasteiger partial charge in [0.1, 0.15) is 11.2 Å². The number of rotatable bonds is 5. The average Bonchev–Trinajstić information content (AvgIpc) is 3.42. The van der Waals surface area contributed by atoms with E-state index >= 15 is 0 Å². The summed E-state index contributed by atoms with van der Waals surface area (Å²) < 4.78 is 1.64. The number of hydrogen-bond acceptors (Lipinski definition) is 4. The number of nitrogens with two attached hydrogens (primary N) is 1. The zero-order valence-electron chi connectivity index (χ0n) is 17.4. The van der Waals surface area contributed by atoms with Gasteiger partial charge in [0.25, 0.3) is 0 Å². The standard InChI is InChI=1S/C23H19Cl3N6O/c24-15-5-3-14(4-6-15)20-12-18(31-32(20)19-8-7-16(25)11-17(19)26)21(29-13-27)30-23(22(28)33)9-1-2-10-23/h3-8,11-12H,1-2,9-10H2,(H2,28,33)(H,29,30). The van der Waals surface area contributed by atoms with Gasteiger partial charge in [-0.2, -0.15) is 10.4 Å². The van der Waals surface area contributed by atoms with Crippen LogP contribution in [-0.2, 0) is 4.79 Å². The molecule has 33 heavy (non-hydrogen) atoms. The van der Waals surface area contributed by atoms with Crippen LogP contribution in [-0.4, -0.2) is 27.1 Å². The molecule has 1 fully saturated rings. The van der Waals surface area contributed by atoms with Crippen LogP contribution in [0.3, 0.4) is 0 Å². The number of nitrogens with one attached hydrogen (secondary N) is 1. The lowest BCUT2D eigenvalue weighted by Gasteiger charge is -2.20. The number of carbonyl (C=O) groups excluding carboxylic acids is 1. The van der Waals surface area contributed by atoms with Gasteiger partial charge in [-0.05, 0) is 49.2 Å². The Bertz CT molecular complexity index is 1270. The van der Waals surface area contributed by atoms with Gasteiger partial charge in [-0.15, -0.1) is 0 Å². The van der Waals surface area contributed by atoms with Crippen LogP contribution in [0.25, 0.3) is 16.9 Å². The normalized spacial score (nSPS) is 15.3. The number of carbonyl (C=O) groups is 1. The molecule has 4 rings (SSSR count). The Balaban J connectivity index is 1.91. The molecule has 1 aromatic heterocycles. The molecule has 3 aromatic rings. The molecule has 0 aliphatic heterocycles. The fourth-order valence-electron chi connectivity index (χ4n) is 3.95. The van der Waals surface area contributed by atoms with Gasteiger partial charge in [-0.3, -0.25) is 10.1 Å². The minimum atomic E-state index is -1.07. The van der Waals surface area contributed by atoms with E-state index in [2.05, 4.69) is 15.4 Å². The molecule has 2 aromatic carbocycles. The molecule has 0 saturated heterocycles. The first-order chi connectivity index (χ1) is 15.8. The van der Waals surface area contributed by atoms with Crippen LogP contribution in [0.2, 0.25) is 15.1 Å². The van der Waals surface area contributed by atoms with Gasteiger partial charge >= 0.3 is 0 Å². The highest BCUT2D eigenvalue weighted by atomic mass is 35.5. The number of nitriles is 1. The van der Waals surface area contributed by atoms with E-state index in [1.807, 2.05) is 18.3 Å². The molecular formula is C23H19Cl3N6O. The summed E-state index contributed by atoms with van der Waals surface area (Å²) in [6.45, 7) is 0. The van der Waals surface area contributed by atoms with Crippen LogP contribution < -0.4 is 11.1 Å². The van der Waals surface area contributed by atoms with Crippen molar-refractivity contribution in [2.24, 2.45) is 10.7 Å². The maximum absolute atomic E-state index is 12.3. The van der Waals surface area contributed by atoms with Gasteiger partial charge in [-0.1, -0.05) is 59.8 Å². The van der Waals surface area contributed by atoms with Gasteiger partial charge in [0.05, 0.1) is 16.4 Å². The van der Waals surface area contributed by atoms with E-state index in [0.717, 1.165) is 18.4 Å². The van der Waals surface area contributed by atoms with Crippen molar-refractivity contribution >= 4 is 46.5 Å². The molecule has 1 amide bonds. The van der Waals surface area contributed by atoms with Crippen molar-refractivity contribution < 1.29 is 4.79 Å². The van der Waals surface area contributed by atoms with Gasteiger partial charge in [-0.25, -0.2) is 9.67 Å². The SMILES string of the molecule is N#CNC(=NC1(C(N)=O)CCCC1)c1cc(-c2ccc(Cl)cc2)n(-c2ccc(Cl)cc2Cl)n1. The number of benzene rings is 2. The number of hydrogen-bond donors (Lipinski definition) is 2. The Morgan fingerprint density at radius 3 is 2.36 bits per heavy atom. The first-order valence-corrected chi connectivity index (χ1v) is 11.3. The quantitative estimate of drug-likeness (QED) is 0.219. The Morgan fingerprint density at radius 2 is 1.76 bits per heavy atom. The fourth-order valence-corrected chi connectivity index (χ4v) is 4.56. The van der Waals surface area contributed by atoms with Crippen LogP contribution in [0.15, 0.2) is 53.5 Å². The minimum Gasteiger partial charge on any atom is -0.368 e. The van der Waals surface area contributed by atoms with Crippen LogP contribution in [0.1, 0.15) is 31.4 Å². The third-order valence-electron chi connectivity index (χ3n) is 5.62. The fraction of sp³-hybridized carbons (Fsp3) is 0.217. The summed E-state index contributed by atoms with van der Waals surface area (Å²) in [5.41, 5.74) is 7.06. The zero-order valence-corrected chi connectivity index (χ0v) is 19.6. The largest absolute Gasteiger partial charge is 0.368 e. The molecule has 1 saturated carbocycles. The van der Waals surface area contributed by atoms with Gasteiger partial charge in [0, 0.05) is 15.6 Å². The summed E-state index contributed by atoms with van der Waals surface area (Å²) in [4.78, 5) is 16.9. The smallest absolute Gasteiger partial charge is 0.245 e. The van der Waals surface area contributed by atoms with E-state index in [0.29, 0.717) is 45.0 Å². The summed E-state index contributed by atoms with van der Waals surface area (Å²) in [5.74, 6) is -0.354. The molecule has 0 bridgehead atoms. The Labute approximate surface area is 205 Å². The van der Waals surface area contributed by atoms with Crippen molar-refractivity contribution in [1.82, 2.24) is 15.1 Å². The number of primary amides is 1. The highest BCUT2D eigenvalue weighted by Crippen LogP contribution is 2.34. The van der Waals surface area contributed by atoms with E-state index in [9.17, 15) is 10.1 Å². The van der Waals surface area contributed by atoms with Crippen molar-refractivity contribution in [1.29, 1.82) is 5.26 Å². The molecule has 0 spiro atoms. The first-order valence-electron chi connectivity index (χ1n) is 10.2. The van der Waals surface area contributed by atoms with Crippen molar-refractivity contribution in [3.05, 3.63) is 69.3 Å². The molecule has 1 aliphatic rings. The highest BCUT2D eigenvalue weighted by Gasteiger charge is 2.40. The highest BCUT2D eigenvalue weighted by molar-refractivity contribution is 6.35. The molecule has 1 aliphatic carbocycles. The number of aromatic nitrogens is 2. The van der Waals surface area contributed by atoms with Crippen molar-refractivity contribution in [3.63, 3.8) is 0 Å². The number of nitrogens with zero attached hydrogens (tertiary/aromatic N) is 4. The Kier molecular flexibility index (Phi) is 6.61. The lowest BCUT2D eigenvalue weighted by Crippen LogP contribution is -2.42. The minimum absolute atomic E-state index is 0.164. The monoisotopic (exact) mass is 500 g/mol. The van der Waals surface area contributed by atoms with Crippen LogP contribution in [0.4, 0.5) is 0 Å². The van der Waals surface area contributed by atoms with Crippen LogP contribution in [0.5, 0.6) is 0 Å². The third kappa shape index (κ3) is 4.69. The molecule has 0 unspecified atom stereocenters. The summed E-state index contributed by atoms with van der Waals surface area (Å²) in [6, 6.07) is 14.1. The lowest BCUT2D eigenvalue weighted by atomic mass is 9.97. The van der Waals surface area contributed by atoms with Crippen molar-refractivity contribution in [3.8, 4) is 23.1 Å². The lowest BCUT2D eigenvalue weighted by molar-refractivity contribution is -0.122. The average molecular weight is 502 g/mol. The summed E-state index contributed by atoms with van der Waals surface area (Å²) in [6.07, 6.45) is 4.59. The second-order valence-corrected chi connectivity index (χ2v) is 9.01. The number of halogens is 3. The van der Waals surface area contributed by atoms with E-state index in [4.69, 9.17) is 40.5 Å². The molecule has 7 nitrogen and oxygen atoms in total. The Hall–Kier alpha value is -3.05. The van der Waals surface area contributed by atoms with E-state index < -0.39 is 11.4 Å². The Morgan fingerprint density at radius 1 is 1.09 bits per heavy atom. The summed E-state index contributed by atoms with van der Waals surface area (Å²) in [7, 11) is 0. The second-order valence-electron chi connectivity index (χ2n) is 7.73.